The van der Waals surface area contributed by atoms with Crippen molar-refractivity contribution in [3.05, 3.63) is 39.7 Å². The highest BCUT2D eigenvalue weighted by atomic mass is 19.4. The molecule has 2 aliphatic rings. The van der Waals surface area contributed by atoms with Crippen LogP contribution in [0.25, 0.3) is 0 Å². The van der Waals surface area contributed by atoms with Crippen molar-refractivity contribution in [2.24, 2.45) is 16.6 Å². The SMILES string of the molecule is C[C@H]1OC[C@]2(c3cc([N+](=O)[O-])ccc3F)N=C(N)O[C@H](C(F)(F)F)C12. The van der Waals surface area contributed by atoms with Gasteiger partial charge in [-0.25, -0.2) is 9.38 Å². The number of benzene rings is 1. The average Bonchev–Trinajstić information content (AvgIpc) is 2.83. The molecule has 0 amide bonds. The number of amidine groups is 1. The summed E-state index contributed by atoms with van der Waals surface area (Å²) in [6.07, 6.45) is -8.17. The van der Waals surface area contributed by atoms with Gasteiger partial charge in [0.25, 0.3) is 11.7 Å². The van der Waals surface area contributed by atoms with Crippen molar-refractivity contribution in [2.45, 2.75) is 30.8 Å². The zero-order chi connectivity index (χ0) is 18.6. The van der Waals surface area contributed by atoms with E-state index in [0.29, 0.717) is 0 Å². The molecule has 0 spiro atoms. The van der Waals surface area contributed by atoms with Crippen molar-refractivity contribution >= 4 is 11.7 Å². The Labute approximate surface area is 138 Å². The average molecular weight is 363 g/mol. The Bertz CT molecular complexity index is 754. The molecule has 4 atom stereocenters. The Balaban J connectivity index is 2.23. The van der Waals surface area contributed by atoms with Crippen LogP contribution in [0.15, 0.2) is 23.2 Å². The Morgan fingerprint density at radius 2 is 2.12 bits per heavy atom. The highest BCUT2D eigenvalue weighted by molar-refractivity contribution is 5.73. The number of ether oxygens (including phenoxy) is 2. The van der Waals surface area contributed by atoms with E-state index in [9.17, 15) is 27.7 Å². The normalized spacial score (nSPS) is 31.9. The van der Waals surface area contributed by atoms with Gasteiger partial charge in [-0.2, -0.15) is 13.2 Å². The van der Waals surface area contributed by atoms with Gasteiger partial charge in [0.2, 0.25) is 6.10 Å². The predicted octanol–water partition coefficient (Wildman–Crippen LogP) is 2.24. The van der Waals surface area contributed by atoms with Gasteiger partial charge >= 0.3 is 6.18 Å². The monoisotopic (exact) mass is 363 g/mol. The lowest BCUT2D eigenvalue weighted by atomic mass is 9.74. The zero-order valence-electron chi connectivity index (χ0n) is 12.8. The van der Waals surface area contributed by atoms with Gasteiger partial charge in [0, 0.05) is 17.7 Å². The largest absolute Gasteiger partial charge is 0.452 e. The lowest BCUT2D eigenvalue weighted by Crippen LogP contribution is -2.55. The number of nitro groups is 1. The van der Waals surface area contributed by atoms with E-state index in [-0.39, 0.29) is 5.56 Å². The first-order chi connectivity index (χ1) is 11.6. The highest BCUT2D eigenvalue weighted by Gasteiger charge is 2.64. The third kappa shape index (κ3) is 2.68. The molecule has 0 radical (unpaired) electrons. The van der Waals surface area contributed by atoms with E-state index in [1.54, 1.807) is 0 Å². The number of rotatable bonds is 2. The minimum Gasteiger partial charge on any atom is -0.452 e. The molecule has 11 heteroatoms. The van der Waals surface area contributed by atoms with Gasteiger partial charge < -0.3 is 15.2 Å². The molecule has 0 bridgehead atoms. The van der Waals surface area contributed by atoms with Crippen LogP contribution < -0.4 is 5.73 Å². The van der Waals surface area contributed by atoms with Crippen molar-refractivity contribution < 1.29 is 32.0 Å². The van der Waals surface area contributed by atoms with Crippen LogP contribution in [0.5, 0.6) is 0 Å². The summed E-state index contributed by atoms with van der Waals surface area (Å²) in [6, 6.07) is 1.81. The summed E-state index contributed by atoms with van der Waals surface area (Å²) in [5, 5.41) is 11.0. The van der Waals surface area contributed by atoms with Gasteiger partial charge in [0.05, 0.1) is 23.6 Å². The van der Waals surface area contributed by atoms with E-state index >= 15 is 0 Å². The molecule has 2 heterocycles. The first-order valence-electron chi connectivity index (χ1n) is 7.21. The molecule has 136 valence electrons. The summed E-state index contributed by atoms with van der Waals surface area (Å²) in [6.45, 7) is 0.967. The van der Waals surface area contributed by atoms with Crippen LogP contribution in [0.1, 0.15) is 12.5 Å². The number of halogens is 4. The van der Waals surface area contributed by atoms with E-state index in [1.807, 2.05) is 0 Å². The van der Waals surface area contributed by atoms with Crippen LogP contribution >= 0.6 is 0 Å². The number of non-ortho nitro benzene ring substituents is 1. The van der Waals surface area contributed by atoms with Crippen LogP contribution in [0.2, 0.25) is 0 Å². The minimum atomic E-state index is -4.81. The van der Waals surface area contributed by atoms with Gasteiger partial charge in [-0.15, -0.1) is 0 Å². The van der Waals surface area contributed by atoms with Crippen LogP contribution in [-0.2, 0) is 15.0 Å². The van der Waals surface area contributed by atoms with Gasteiger partial charge in [0.15, 0.2) is 0 Å². The number of fused-ring (bicyclic) bond motifs is 1. The third-order valence-corrected chi connectivity index (χ3v) is 4.46. The molecule has 1 aromatic carbocycles. The lowest BCUT2D eigenvalue weighted by molar-refractivity contribution is -0.385. The van der Waals surface area contributed by atoms with E-state index in [2.05, 4.69) is 9.73 Å². The summed E-state index contributed by atoms with van der Waals surface area (Å²) in [5.74, 6) is -2.39. The molecule has 1 unspecified atom stereocenters. The quantitative estimate of drug-likeness (QED) is 0.493. The van der Waals surface area contributed by atoms with Crippen LogP contribution in [0, 0.1) is 21.8 Å². The molecule has 0 saturated carbocycles. The van der Waals surface area contributed by atoms with Crippen LogP contribution in [0.3, 0.4) is 0 Å². The molecular formula is C14H13F4N3O4. The highest BCUT2D eigenvalue weighted by Crippen LogP contribution is 2.51. The molecule has 1 saturated heterocycles. The number of nitrogens with two attached hydrogens (primary N) is 1. The van der Waals surface area contributed by atoms with Gasteiger partial charge in [0.1, 0.15) is 11.4 Å². The maximum Gasteiger partial charge on any atom is 0.426 e. The molecule has 3 rings (SSSR count). The summed E-state index contributed by atoms with van der Waals surface area (Å²) in [5.41, 5.74) is 2.69. The zero-order valence-corrected chi connectivity index (χ0v) is 12.8. The van der Waals surface area contributed by atoms with E-state index < -0.39 is 58.9 Å². The van der Waals surface area contributed by atoms with E-state index in [1.165, 1.54) is 6.92 Å². The van der Waals surface area contributed by atoms with Crippen molar-refractivity contribution in [1.29, 1.82) is 0 Å². The summed E-state index contributed by atoms with van der Waals surface area (Å²) in [7, 11) is 0. The lowest BCUT2D eigenvalue weighted by Gasteiger charge is -2.41. The Hall–Kier alpha value is -2.43. The number of nitro benzene ring substituents is 1. The van der Waals surface area contributed by atoms with Crippen molar-refractivity contribution in [1.82, 2.24) is 0 Å². The summed E-state index contributed by atoms with van der Waals surface area (Å²) in [4.78, 5) is 14.1. The second-order valence-electron chi connectivity index (χ2n) is 5.92. The number of nitrogens with zero attached hydrogens (tertiary/aromatic N) is 2. The molecule has 2 N–H and O–H groups in total. The fraction of sp³-hybridized carbons (Fsp3) is 0.500. The molecular weight excluding hydrogens is 350 g/mol. The molecule has 25 heavy (non-hydrogen) atoms. The summed E-state index contributed by atoms with van der Waals surface area (Å²) >= 11 is 0. The fourth-order valence-electron chi connectivity index (χ4n) is 3.42. The molecule has 7 nitrogen and oxygen atoms in total. The molecule has 2 aliphatic heterocycles. The first kappa shape index (κ1) is 17.4. The Kier molecular flexibility index (Phi) is 3.86. The summed E-state index contributed by atoms with van der Waals surface area (Å²) < 4.78 is 64.7. The Morgan fingerprint density at radius 3 is 2.72 bits per heavy atom. The predicted molar refractivity (Wildman–Crippen MR) is 76.2 cm³/mol. The maximum atomic E-state index is 14.4. The van der Waals surface area contributed by atoms with Gasteiger partial charge in [-0.1, -0.05) is 0 Å². The number of hydrogen-bond donors (Lipinski definition) is 1. The third-order valence-electron chi connectivity index (χ3n) is 4.46. The molecule has 0 aliphatic carbocycles. The van der Waals surface area contributed by atoms with Crippen LogP contribution in [0.4, 0.5) is 23.2 Å². The van der Waals surface area contributed by atoms with E-state index in [4.69, 9.17) is 10.5 Å². The van der Waals surface area contributed by atoms with Crippen molar-refractivity contribution in [3.8, 4) is 0 Å². The number of hydrogen-bond acceptors (Lipinski definition) is 6. The first-order valence-corrected chi connectivity index (χ1v) is 7.21. The van der Waals surface area contributed by atoms with Gasteiger partial charge in [-0.3, -0.25) is 10.1 Å². The minimum absolute atomic E-state index is 0.378. The van der Waals surface area contributed by atoms with Crippen LogP contribution in [-0.4, -0.2) is 35.9 Å². The topological polar surface area (TPSA) is 100.0 Å². The van der Waals surface area contributed by atoms with Crippen molar-refractivity contribution in [2.75, 3.05) is 6.61 Å². The van der Waals surface area contributed by atoms with Crippen molar-refractivity contribution in [3.63, 3.8) is 0 Å². The maximum absolute atomic E-state index is 14.4. The number of aliphatic imine (C=N–C) groups is 1. The smallest absolute Gasteiger partial charge is 0.426 e. The molecule has 1 fully saturated rings. The second-order valence-corrected chi connectivity index (χ2v) is 5.92. The van der Waals surface area contributed by atoms with E-state index in [0.717, 1.165) is 18.2 Å². The van der Waals surface area contributed by atoms with Gasteiger partial charge in [-0.05, 0) is 13.0 Å². The number of alkyl halides is 3. The standard InChI is InChI=1S/C14H13F4N3O4/c1-6-10-11(14(16,17)18)25-12(19)20-13(10,5-24-6)8-4-7(21(22)23)2-3-9(8)15/h2-4,6,10-11H,5H2,1H3,(H2,19,20)/t6-,10?,11+,13-/m1/s1. The molecule has 1 aromatic rings. The Morgan fingerprint density at radius 1 is 1.44 bits per heavy atom. The second kappa shape index (κ2) is 5.55. The fourth-order valence-corrected chi connectivity index (χ4v) is 3.42. The molecule has 0 aromatic heterocycles.